The molecule has 1 N–H and O–H groups in total. The molecule has 0 fully saturated rings. The molecule has 132 valence electrons. The maximum absolute atomic E-state index is 14.3. The van der Waals surface area contributed by atoms with Crippen molar-refractivity contribution >= 4 is 17.3 Å². The number of nitro groups is 1. The Kier molecular flexibility index (Phi) is 4.74. The fourth-order valence-electron chi connectivity index (χ4n) is 2.59. The van der Waals surface area contributed by atoms with Crippen molar-refractivity contribution in [3.05, 3.63) is 96.0 Å². The second-order valence-corrected chi connectivity index (χ2v) is 5.71. The molecule has 0 aromatic heterocycles. The van der Waals surface area contributed by atoms with Gasteiger partial charge in [0.25, 0.3) is 0 Å². The fourth-order valence-corrected chi connectivity index (χ4v) is 2.76. The van der Waals surface area contributed by atoms with Gasteiger partial charge in [0, 0.05) is 15.8 Å². The van der Waals surface area contributed by atoms with Crippen LogP contribution >= 0.6 is 11.6 Å². The third kappa shape index (κ3) is 3.17. The van der Waals surface area contributed by atoms with Gasteiger partial charge in [-0.15, -0.1) is 0 Å². The molecule has 0 atom stereocenters. The molecule has 26 heavy (non-hydrogen) atoms. The standard InChI is InChI=1S/C16H10ClFN4O4/c17-9-5-6-13-11(7-9)15(10-3-1-2-4-12(10)18)21(24)8-14(19-13)16(20-23)22(25)26/h1-7,24H,8H2/b16-14-. The van der Waals surface area contributed by atoms with E-state index >= 15 is 0 Å². The van der Waals surface area contributed by atoms with Gasteiger partial charge in [0.1, 0.15) is 5.82 Å². The first-order chi connectivity index (χ1) is 12.4. The second-order valence-electron chi connectivity index (χ2n) is 5.28. The van der Waals surface area contributed by atoms with E-state index in [1.807, 2.05) is 0 Å². The lowest BCUT2D eigenvalue weighted by Crippen LogP contribution is -2.32. The van der Waals surface area contributed by atoms with Gasteiger partial charge in [-0.1, -0.05) is 23.7 Å². The van der Waals surface area contributed by atoms with E-state index < -0.39 is 23.1 Å². The van der Waals surface area contributed by atoms with Gasteiger partial charge in [-0.25, -0.2) is 14.4 Å². The number of hydrogen-bond acceptors (Lipinski definition) is 7. The summed E-state index contributed by atoms with van der Waals surface area (Å²) in [6.45, 7) is -0.544. The number of benzene rings is 2. The average molecular weight is 377 g/mol. The van der Waals surface area contributed by atoms with E-state index in [1.165, 1.54) is 36.4 Å². The molecule has 10 heteroatoms. The number of rotatable bonds is 3. The van der Waals surface area contributed by atoms with Crippen molar-refractivity contribution in [3.63, 3.8) is 0 Å². The summed E-state index contributed by atoms with van der Waals surface area (Å²) in [6.07, 6.45) is 0. The molecular weight excluding hydrogens is 367 g/mol. The van der Waals surface area contributed by atoms with Gasteiger partial charge in [-0.2, -0.15) is 0 Å². The predicted octanol–water partition coefficient (Wildman–Crippen LogP) is 2.17. The third-order valence-electron chi connectivity index (χ3n) is 3.67. The van der Waals surface area contributed by atoms with Crippen molar-refractivity contribution < 1.29 is 14.5 Å². The first-order valence-electron chi connectivity index (χ1n) is 7.23. The Morgan fingerprint density at radius 3 is 2.73 bits per heavy atom. The van der Waals surface area contributed by atoms with Crippen molar-refractivity contribution in [3.8, 4) is 0 Å². The normalized spacial score (nSPS) is 15.7. The molecule has 2 aromatic carbocycles. The number of hydrogen-bond donors (Lipinski definition) is 1. The van der Waals surface area contributed by atoms with E-state index in [1.54, 1.807) is 6.07 Å². The summed E-state index contributed by atoms with van der Waals surface area (Å²) in [5.74, 6) is -1.66. The summed E-state index contributed by atoms with van der Waals surface area (Å²) in [5, 5.41) is 25.2. The van der Waals surface area contributed by atoms with E-state index in [0.29, 0.717) is 5.06 Å². The molecule has 0 aliphatic carbocycles. The average Bonchev–Trinajstić information content (AvgIpc) is 2.72. The van der Waals surface area contributed by atoms with Crippen molar-refractivity contribution in [2.24, 2.45) is 10.2 Å². The largest absolute Gasteiger partial charge is 0.438 e. The van der Waals surface area contributed by atoms with E-state index in [4.69, 9.17) is 11.6 Å². The van der Waals surface area contributed by atoms with Gasteiger partial charge in [0.2, 0.25) is 5.18 Å². The third-order valence-corrected chi connectivity index (χ3v) is 3.91. The minimum Gasteiger partial charge on any atom is -0.358 e. The number of nitroso groups, excluding NO2 is 1. The predicted molar refractivity (Wildman–Crippen MR) is 89.5 cm³/mol. The molecule has 0 amide bonds. The van der Waals surface area contributed by atoms with Gasteiger partial charge >= 0.3 is 5.82 Å². The molecule has 2 aromatic rings. The van der Waals surface area contributed by atoms with Crippen LogP contribution in [-0.4, -0.2) is 21.7 Å². The minimum atomic E-state index is -1.04. The number of fused-ring (bicyclic) bond motifs is 1. The summed E-state index contributed by atoms with van der Waals surface area (Å²) >= 11 is 6.01. The molecule has 3 rings (SSSR count). The van der Waals surface area contributed by atoms with E-state index in [9.17, 15) is 24.6 Å². The Bertz CT molecular complexity index is 1070. The SMILES string of the molecule is O=N/C(=C1\CN(O)C(c2ccccc2F)=c2cc(Cl)ccc2=N1)[N+](=O)[O-]. The van der Waals surface area contributed by atoms with Crippen LogP contribution in [-0.2, 0) is 0 Å². The van der Waals surface area contributed by atoms with Crippen LogP contribution in [0.15, 0.2) is 64.2 Å². The lowest BCUT2D eigenvalue weighted by atomic mass is 10.1. The van der Waals surface area contributed by atoms with E-state index in [-0.39, 0.29) is 32.6 Å². The van der Waals surface area contributed by atoms with Crippen LogP contribution in [0.4, 0.5) is 4.39 Å². The lowest BCUT2D eigenvalue weighted by molar-refractivity contribution is -0.427. The second kappa shape index (κ2) is 6.98. The Balaban J connectivity index is 2.45. The zero-order chi connectivity index (χ0) is 18.8. The Hall–Kier alpha value is -3.17. The van der Waals surface area contributed by atoms with Crippen LogP contribution in [0.3, 0.4) is 0 Å². The molecule has 8 nitrogen and oxygen atoms in total. The minimum absolute atomic E-state index is 0.00736. The molecular formula is C16H10ClFN4O4. The zero-order valence-electron chi connectivity index (χ0n) is 13.0. The molecule has 0 bridgehead atoms. The quantitative estimate of drug-likeness (QED) is 0.501. The molecule has 1 aliphatic heterocycles. The Morgan fingerprint density at radius 1 is 1.35 bits per heavy atom. The Labute approximate surface area is 150 Å². The van der Waals surface area contributed by atoms with Crippen LogP contribution in [0.2, 0.25) is 5.02 Å². The topological polar surface area (TPSA) is 108 Å². The molecule has 0 saturated heterocycles. The molecule has 0 unspecified atom stereocenters. The first kappa shape index (κ1) is 17.6. The highest BCUT2D eigenvalue weighted by atomic mass is 35.5. The highest BCUT2D eigenvalue weighted by Crippen LogP contribution is 2.22. The van der Waals surface area contributed by atoms with E-state index in [2.05, 4.69) is 10.2 Å². The Morgan fingerprint density at radius 2 is 2.08 bits per heavy atom. The number of halogens is 2. The molecule has 0 spiro atoms. The molecule has 1 aliphatic rings. The van der Waals surface area contributed by atoms with Crippen LogP contribution in [0.1, 0.15) is 5.56 Å². The lowest BCUT2D eigenvalue weighted by Gasteiger charge is -2.19. The molecule has 0 saturated carbocycles. The highest BCUT2D eigenvalue weighted by Gasteiger charge is 2.26. The van der Waals surface area contributed by atoms with Crippen LogP contribution in [0.25, 0.3) is 5.70 Å². The van der Waals surface area contributed by atoms with Crippen LogP contribution < -0.4 is 10.6 Å². The summed E-state index contributed by atoms with van der Waals surface area (Å²) in [6, 6.07) is 10.0. The smallest absolute Gasteiger partial charge is 0.358 e. The summed E-state index contributed by atoms with van der Waals surface area (Å²) in [7, 11) is 0. The van der Waals surface area contributed by atoms with Crippen LogP contribution in [0, 0.1) is 20.8 Å². The van der Waals surface area contributed by atoms with Crippen molar-refractivity contribution in [1.29, 1.82) is 0 Å². The van der Waals surface area contributed by atoms with Gasteiger partial charge in [0.15, 0.2) is 5.70 Å². The zero-order valence-corrected chi connectivity index (χ0v) is 13.7. The number of nitrogens with zero attached hydrogens (tertiary/aromatic N) is 4. The van der Waals surface area contributed by atoms with Gasteiger partial charge < -0.3 is 10.1 Å². The molecule has 0 radical (unpaired) electrons. The fraction of sp³-hybridized carbons (Fsp3) is 0.0625. The first-order valence-corrected chi connectivity index (χ1v) is 7.61. The monoisotopic (exact) mass is 376 g/mol. The van der Waals surface area contributed by atoms with E-state index in [0.717, 1.165) is 0 Å². The maximum Gasteiger partial charge on any atom is 0.438 e. The summed E-state index contributed by atoms with van der Waals surface area (Å²) in [5.41, 5.74) is -0.327. The highest BCUT2D eigenvalue weighted by molar-refractivity contribution is 6.30. The van der Waals surface area contributed by atoms with Gasteiger partial charge in [0.05, 0.1) is 17.6 Å². The van der Waals surface area contributed by atoms with Crippen molar-refractivity contribution in [1.82, 2.24) is 5.06 Å². The van der Waals surface area contributed by atoms with Crippen LogP contribution in [0.5, 0.6) is 0 Å². The van der Waals surface area contributed by atoms with Crippen molar-refractivity contribution in [2.75, 3.05) is 6.54 Å². The molecule has 1 heterocycles. The number of hydroxylamine groups is 2. The van der Waals surface area contributed by atoms with Crippen molar-refractivity contribution in [2.45, 2.75) is 0 Å². The summed E-state index contributed by atoms with van der Waals surface area (Å²) in [4.78, 5) is 24.9. The maximum atomic E-state index is 14.3. The van der Waals surface area contributed by atoms with Gasteiger partial charge in [-0.3, -0.25) is 5.21 Å². The van der Waals surface area contributed by atoms with Gasteiger partial charge in [-0.05, 0) is 40.2 Å². The summed E-state index contributed by atoms with van der Waals surface area (Å²) < 4.78 is 14.3.